The van der Waals surface area contributed by atoms with Crippen LogP contribution in [0.2, 0.25) is 0 Å². The zero-order valence-electron chi connectivity index (χ0n) is 15.1. The first kappa shape index (κ1) is 17.9. The van der Waals surface area contributed by atoms with Crippen LogP contribution in [0.15, 0.2) is 24.3 Å². The van der Waals surface area contributed by atoms with E-state index in [0.29, 0.717) is 30.7 Å². The number of hydrogen-bond acceptors (Lipinski definition) is 5. The molecule has 0 aromatic heterocycles. The van der Waals surface area contributed by atoms with Gasteiger partial charge in [0, 0.05) is 18.4 Å². The standard InChI is InChI=1S/C19H26N2O4/c1-4-13-25-15-10-8-14(9-11-15)17-18(2,3)21(24)19(20(17)23)12-6-5-7-16(19)22/h8-11,24H,4-7,12-13H2,1-3H3. The van der Waals surface area contributed by atoms with Gasteiger partial charge < -0.3 is 15.2 Å². The summed E-state index contributed by atoms with van der Waals surface area (Å²) in [5.74, 6) is 0.533. The zero-order valence-corrected chi connectivity index (χ0v) is 15.1. The smallest absolute Gasteiger partial charge is 0.310 e. The van der Waals surface area contributed by atoms with Crippen molar-refractivity contribution in [2.24, 2.45) is 0 Å². The number of hydrogen-bond donors (Lipinski definition) is 1. The lowest BCUT2D eigenvalue weighted by atomic mass is 9.86. The SMILES string of the molecule is CCCOc1ccc(C2=[N+]([O-])C3(CCCCC3=O)N(O)C2(C)C)cc1. The molecule has 1 unspecified atom stereocenters. The van der Waals surface area contributed by atoms with Gasteiger partial charge in [-0.2, -0.15) is 4.74 Å². The summed E-state index contributed by atoms with van der Waals surface area (Å²) in [5.41, 5.74) is -1.35. The highest BCUT2D eigenvalue weighted by Gasteiger charge is 2.66. The van der Waals surface area contributed by atoms with Crippen molar-refractivity contribution >= 4 is 11.5 Å². The van der Waals surface area contributed by atoms with E-state index in [9.17, 15) is 15.2 Å². The van der Waals surface area contributed by atoms with E-state index in [2.05, 4.69) is 0 Å². The minimum absolute atomic E-state index is 0.206. The van der Waals surface area contributed by atoms with Gasteiger partial charge in [-0.15, -0.1) is 5.06 Å². The molecule has 1 saturated carbocycles. The number of ether oxygens (including phenoxy) is 1. The Morgan fingerprint density at radius 1 is 1.28 bits per heavy atom. The molecule has 25 heavy (non-hydrogen) atoms. The Balaban J connectivity index is 2.03. The Morgan fingerprint density at radius 3 is 2.56 bits per heavy atom. The van der Waals surface area contributed by atoms with E-state index in [1.54, 1.807) is 13.8 Å². The third kappa shape index (κ3) is 2.64. The van der Waals surface area contributed by atoms with E-state index in [1.165, 1.54) is 0 Å². The molecule has 136 valence electrons. The van der Waals surface area contributed by atoms with Gasteiger partial charge in [0.1, 0.15) is 11.3 Å². The van der Waals surface area contributed by atoms with Crippen molar-refractivity contribution in [3.8, 4) is 5.75 Å². The van der Waals surface area contributed by atoms with E-state index in [0.717, 1.165) is 34.8 Å². The Hall–Kier alpha value is -1.92. The van der Waals surface area contributed by atoms with Crippen LogP contribution >= 0.6 is 0 Å². The van der Waals surface area contributed by atoms with Crippen molar-refractivity contribution < 1.29 is 19.5 Å². The van der Waals surface area contributed by atoms with Crippen molar-refractivity contribution in [1.29, 1.82) is 0 Å². The van der Waals surface area contributed by atoms with Gasteiger partial charge in [-0.3, -0.25) is 4.79 Å². The highest BCUT2D eigenvalue weighted by molar-refractivity contribution is 6.06. The lowest BCUT2D eigenvalue weighted by Gasteiger charge is -2.36. The van der Waals surface area contributed by atoms with Crippen LogP contribution < -0.4 is 4.74 Å². The molecule has 1 heterocycles. The monoisotopic (exact) mass is 346 g/mol. The highest BCUT2D eigenvalue weighted by atomic mass is 16.6. The van der Waals surface area contributed by atoms with Crippen molar-refractivity contribution in [2.75, 3.05) is 6.61 Å². The number of Topliss-reactive ketones (excluding diaryl/α,β-unsaturated/α-hetero) is 1. The number of carbonyl (C=O) groups is 1. The van der Waals surface area contributed by atoms with E-state index < -0.39 is 11.2 Å². The Labute approximate surface area is 148 Å². The first-order valence-electron chi connectivity index (χ1n) is 8.96. The lowest BCUT2D eigenvalue weighted by Crippen LogP contribution is -2.60. The molecule has 1 atom stereocenters. The molecule has 1 fully saturated rings. The summed E-state index contributed by atoms with van der Waals surface area (Å²) >= 11 is 0. The largest absolute Gasteiger partial charge is 0.622 e. The lowest BCUT2D eigenvalue weighted by molar-refractivity contribution is -0.573. The fraction of sp³-hybridized carbons (Fsp3) is 0.579. The molecule has 0 radical (unpaired) electrons. The van der Waals surface area contributed by atoms with Crippen molar-refractivity contribution in [3.63, 3.8) is 0 Å². The quantitative estimate of drug-likeness (QED) is 0.670. The van der Waals surface area contributed by atoms with Gasteiger partial charge in [0.2, 0.25) is 11.5 Å². The minimum Gasteiger partial charge on any atom is -0.622 e. The molecule has 6 heteroatoms. The van der Waals surface area contributed by atoms with Crippen LogP contribution in [0.1, 0.15) is 58.4 Å². The molecule has 0 bridgehead atoms. The Kier molecular flexibility index (Phi) is 4.60. The second-order valence-corrected chi connectivity index (χ2v) is 7.33. The maximum Gasteiger partial charge on any atom is 0.310 e. The highest BCUT2D eigenvalue weighted by Crippen LogP contribution is 2.42. The molecule has 3 rings (SSSR count). The maximum atomic E-state index is 13.2. The number of ketones is 1. The topological polar surface area (TPSA) is 75.8 Å². The second-order valence-electron chi connectivity index (χ2n) is 7.33. The third-order valence-corrected chi connectivity index (χ3v) is 5.22. The van der Waals surface area contributed by atoms with Crippen LogP contribution in [-0.2, 0) is 4.79 Å². The van der Waals surface area contributed by atoms with Gasteiger partial charge in [0.25, 0.3) is 0 Å². The number of rotatable bonds is 4. The van der Waals surface area contributed by atoms with Crippen molar-refractivity contribution in [1.82, 2.24) is 5.06 Å². The van der Waals surface area contributed by atoms with Crippen LogP contribution in [0, 0.1) is 5.21 Å². The van der Waals surface area contributed by atoms with Gasteiger partial charge in [0.05, 0.1) is 6.61 Å². The molecule has 1 aromatic rings. The Morgan fingerprint density at radius 2 is 1.96 bits per heavy atom. The molecule has 1 N–H and O–H groups in total. The molecule has 0 amide bonds. The van der Waals surface area contributed by atoms with Crippen LogP contribution in [0.5, 0.6) is 5.75 Å². The van der Waals surface area contributed by atoms with E-state index in [-0.39, 0.29) is 5.78 Å². The summed E-state index contributed by atoms with van der Waals surface area (Å²) in [5, 5.41) is 25.0. The molecular formula is C19H26N2O4. The minimum atomic E-state index is -1.49. The molecule has 0 saturated heterocycles. The van der Waals surface area contributed by atoms with Gasteiger partial charge in [-0.05, 0) is 57.4 Å². The second kappa shape index (κ2) is 6.42. The van der Waals surface area contributed by atoms with E-state index >= 15 is 0 Å². The maximum absolute atomic E-state index is 13.2. The molecule has 1 aliphatic carbocycles. The fourth-order valence-corrected chi connectivity index (χ4v) is 3.92. The van der Waals surface area contributed by atoms with E-state index in [1.807, 2.05) is 31.2 Å². The molecular weight excluding hydrogens is 320 g/mol. The summed E-state index contributed by atoms with van der Waals surface area (Å²) in [6, 6.07) is 7.26. The summed E-state index contributed by atoms with van der Waals surface area (Å²) in [7, 11) is 0. The molecule has 1 spiro atoms. The molecule has 1 aromatic carbocycles. The number of carbonyl (C=O) groups excluding carboxylic acids is 1. The average Bonchev–Trinajstić information content (AvgIpc) is 2.74. The number of benzene rings is 1. The predicted octanol–water partition coefficient (Wildman–Crippen LogP) is 3.10. The van der Waals surface area contributed by atoms with Crippen molar-refractivity contribution in [3.05, 3.63) is 35.0 Å². The van der Waals surface area contributed by atoms with Crippen molar-refractivity contribution in [2.45, 2.75) is 64.1 Å². The van der Waals surface area contributed by atoms with Gasteiger partial charge in [0.15, 0.2) is 0 Å². The van der Waals surface area contributed by atoms with Gasteiger partial charge >= 0.3 is 5.66 Å². The first-order valence-corrected chi connectivity index (χ1v) is 8.96. The van der Waals surface area contributed by atoms with E-state index in [4.69, 9.17) is 4.74 Å². The summed E-state index contributed by atoms with van der Waals surface area (Å²) in [6.45, 7) is 6.21. The van der Waals surface area contributed by atoms with Crippen LogP contribution in [0.4, 0.5) is 0 Å². The molecule has 6 nitrogen and oxygen atoms in total. The Bertz CT molecular complexity index is 696. The third-order valence-electron chi connectivity index (χ3n) is 5.22. The molecule has 1 aliphatic heterocycles. The molecule has 2 aliphatic rings. The summed E-state index contributed by atoms with van der Waals surface area (Å²) < 4.78 is 6.33. The van der Waals surface area contributed by atoms with Gasteiger partial charge in [-0.1, -0.05) is 6.92 Å². The first-order chi connectivity index (χ1) is 11.9. The van der Waals surface area contributed by atoms with Crippen LogP contribution in [0.3, 0.4) is 0 Å². The number of hydroxylamine groups is 3. The van der Waals surface area contributed by atoms with Crippen LogP contribution in [-0.4, -0.2) is 44.3 Å². The summed E-state index contributed by atoms with van der Waals surface area (Å²) in [4.78, 5) is 12.6. The summed E-state index contributed by atoms with van der Waals surface area (Å²) in [6.07, 6.45) is 3.10. The predicted molar refractivity (Wildman–Crippen MR) is 93.9 cm³/mol. The average molecular weight is 346 g/mol. The van der Waals surface area contributed by atoms with Crippen LogP contribution in [0.25, 0.3) is 0 Å². The van der Waals surface area contributed by atoms with Gasteiger partial charge in [-0.25, -0.2) is 0 Å². The number of nitrogens with zero attached hydrogens (tertiary/aromatic N) is 2. The fourth-order valence-electron chi connectivity index (χ4n) is 3.92. The normalized spacial score (nSPS) is 26.5. The zero-order chi connectivity index (χ0) is 18.2.